The summed E-state index contributed by atoms with van der Waals surface area (Å²) >= 11 is 0. The van der Waals surface area contributed by atoms with Crippen LogP contribution in [0.4, 0.5) is 20.2 Å². The number of benzene rings is 1. The van der Waals surface area contributed by atoms with Crippen LogP contribution in [0, 0.1) is 11.6 Å². The van der Waals surface area contributed by atoms with Crippen LogP contribution in [0.25, 0.3) is 33.5 Å². The van der Waals surface area contributed by atoms with E-state index in [9.17, 15) is 8.78 Å². The van der Waals surface area contributed by atoms with E-state index >= 15 is 0 Å². The maximum absolute atomic E-state index is 14.3. The van der Waals surface area contributed by atoms with Gasteiger partial charge in [0.25, 0.3) is 0 Å². The van der Waals surface area contributed by atoms with Crippen molar-refractivity contribution in [3.63, 3.8) is 0 Å². The quantitative estimate of drug-likeness (QED) is 0.505. The second kappa shape index (κ2) is 8.12. The number of pyridine rings is 3. The van der Waals surface area contributed by atoms with Gasteiger partial charge < -0.3 is 16.4 Å². The maximum Gasteiger partial charge on any atom is 0.135 e. The predicted molar refractivity (Wildman–Crippen MR) is 122 cm³/mol. The average Bonchev–Trinajstić information content (AvgIpc) is 2.79. The van der Waals surface area contributed by atoms with Gasteiger partial charge in [-0.25, -0.2) is 13.8 Å². The van der Waals surface area contributed by atoms with Crippen molar-refractivity contribution in [1.82, 2.24) is 15.0 Å². The lowest BCUT2D eigenvalue weighted by atomic mass is 10.0. The lowest BCUT2D eigenvalue weighted by Gasteiger charge is -2.33. The van der Waals surface area contributed by atoms with Gasteiger partial charge in [0, 0.05) is 36.4 Å². The zero-order valence-electron chi connectivity index (χ0n) is 17.3. The van der Waals surface area contributed by atoms with Crippen LogP contribution in [0.3, 0.4) is 0 Å². The van der Waals surface area contributed by atoms with E-state index in [0.717, 1.165) is 42.5 Å². The molecule has 1 aliphatic rings. The summed E-state index contributed by atoms with van der Waals surface area (Å²) in [5.74, 6) is -1.37. The molecule has 1 atom stereocenters. The Labute approximate surface area is 183 Å². The summed E-state index contributed by atoms with van der Waals surface area (Å²) in [6.07, 6.45) is 5.45. The molecule has 162 valence electrons. The molecule has 0 saturated carbocycles. The number of piperidine rings is 1. The third-order valence-electron chi connectivity index (χ3n) is 5.79. The fourth-order valence-corrected chi connectivity index (χ4v) is 4.23. The smallest absolute Gasteiger partial charge is 0.135 e. The van der Waals surface area contributed by atoms with Crippen molar-refractivity contribution < 1.29 is 8.78 Å². The van der Waals surface area contributed by atoms with Crippen LogP contribution in [0.2, 0.25) is 0 Å². The molecule has 0 unspecified atom stereocenters. The molecule has 1 aliphatic heterocycles. The van der Waals surface area contributed by atoms with Crippen molar-refractivity contribution in [1.29, 1.82) is 0 Å². The Kier molecular flexibility index (Phi) is 5.14. The van der Waals surface area contributed by atoms with Gasteiger partial charge in [-0.05, 0) is 49.2 Å². The molecule has 0 radical (unpaired) electrons. The number of fused-ring (bicyclic) bond motifs is 1. The summed E-state index contributed by atoms with van der Waals surface area (Å²) in [6.45, 7) is 1.67. The summed E-state index contributed by atoms with van der Waals surface area (Å²) in [6, 6.07) is 10.8. The van der Waals surface area contributed by atoms with Gasteiger partial charge in [0.2, 0.25) is 0 Å². The van der Waals surface area contributed by atoms with E-state index in [4.69, 9.17) is 11.5 Å². The van der Waals surface area contributed by atoms with Gasteiger partial charge in [0.1, 0.15) is 17.3 Å². The van der Waals surface area contributed by atoms with Crippen molar-refractivity contribution in [3.8, 4) is 22.6 Å². The molecule has 0 spiro atoms. The number of nitrogen functional groups attached to an aromatic ring is 1. The molecule has 5 rings (SSSR count). The van der Waals surface area contributed by atoms with Gasteiger partial charge in [-0.2, -0.15) is 0 Å². The second-order valence-electron chi connectivity index (χ2n) is 8.00. The molecular weight excluding hydrogens is 410 g/mol. The number of nitrogens with two attached hydrogens (primary N) is 2. The molecule has 0 aliphatic carbocycles. The molecular formula is C24H22F2N6. The summed E-state index contributed by atoms with van der Waals surface area (Å²) < 4.78 is 28.6. The van der Waals surface area contributed by atoms with E-state index in [1.54, 1.807) is 18.5 Å². The zero-order valence-corrected chi connectivity index (χ0v) is 17.3. The number of hydrogen-bond acceptors (Lipinski definition) is 6. The van der Waals surface area contributed by atoms with E-state index < -0.39 is 11.6 Å². The summed E-state index contributed by atoms with van der Waals surface area (Å²) in [5, 5.41) is 0.898. The van der Waals surface area contributed by atoms with Crippen LogP contribution in [0.15, 0.2) is 54.9 Å². The van der Waals surface area contributed by atoms with Gasteiger partial charge in [-0.1, -0.05) is 6.07 Å². The standard InChI is InChI=1S/C24H22F2N6/c25-16-4-1-5-17(26)23(16)19-7-6-18(28)24(31-19)20-11-15-21(12-30-20)29-9-8-22(15)32-10-2-3-14(27)13-32/h1,4-9,11-12,14H,2-3,10,13,27-28H2/t14-/m0/s1. The van der Waals surface area contributed by atoms with E-state index in [1.165, 1.54) is 24.3 Å². The highest BCUT2D eigenvalue weighted by Crippen LogP contribution is 2.33. The average molecular weight is 432 g/mol. The van der Waals surface area contributed by atoms with Crippen molar-refractivity contribution in [2.24, 2.45) is 5.73 Å². The first-order chi connectivity index (χ1) is 15.5. The van der Waals surface area contributed by atoms with Gasteiger partial charge >= 0.3 is 0 Å². The topological polar surface area (TPSA) is 94.0 Å². The number of aromatic nitrogens is 3. The molecule has 4 N–H and O–H groups in total. The summed E-state index contributed by atoms with van der Waals surface area (Å²) in [5.41, 5.74) is 15.3. The number of hydrogen-bond donors (Lipinski definition) is 2. The number of nitrogens with zero attached hydrogens (tertiary/aromatic N) is 4. The molecule has 0 bridgehead atoms. The minimum absolute atomic E-state index is 0.123. The fourth-order valence-electron chi connectivity index (χ4n) is 4.23. The third kappa shape index (κ3) is 3.62. The molecule has 4 heterocycles. The van der Waals surface area contributed by atoms with Crippen molar-refractivity contribution >= 4 is 22.3 Å². The van der Waals surface area contributed by atoms with Crippen LogP contribution in [0.1, 0.15) is 12.8 Å². The predicted octanol–water partition coefficient (Wildman–Crippen LogP) is 4.15. The minimum atomic E-state index is -0.687. The van der Waals surface area contributed by atoms with Crippen molar-refractivity contribution in [3.05, 3.63) is 66.5 Å². The lowest BCUT2D eigenvalue weighted by Crippen LogP contribution is -2.42. The fraction of sp³-hybridized carbons (Fsp3) is 0.208. The highest BCUT2D eigenvalue weighted by atomic mass is 19.1. The lowest BCUT2D eigenvalue weighted by molar-refractivity contribution is 0.507. The van der Waals surface area contributed by atoms with Crippen LogP contribution in [-0.4, -0.2) is 34.1 Å². The largest absolute Gasteiger partial charge is 0.397 e. The van der Waals surface area contributed by atoms with Crippen molar-refractivity contribution in [2.75, 3.05) is 23.7 Å². The zero-order chi connectivity index (χ0) is 22.2. The van der Waals surface area contributed by atoms with Crippen molar-refractivity contribution in [2.45, 2.75) is 18.9 Å². The Morgan fingerprint density at radius 1 is 1.00 bits per heavy atom. The third-order valence-corrected chi connectivity index (χ3v) is 5.79. The monoisotopic (exact) mass is 432 g/mol. The van der Waals surface area contributed by atoms with E-state index in [-0.39, 0.29) is 17.3 Å². The first-order valence-electron chi connectivity index (χ1n) is 10.5. The van der Waals surface area contributed by atoms with E-state index in [1.807, 2.05) is 12.1 Å². The Balaban J connectivity index is 1.63. The Morgan fingerprint density at radius 2 is 1.81 bits per heavy atom. The molecule has 6 nitrogen and oxygen atoms in total. The Morgan fingerprint density at radius 3 is 2.59 bits per heavy atom. The van der Waals surface area contributed by atoms with Gasteiger partial charge in [-0.3, -0.25) is 9.97 Å². The van der Waals surface area contributed by atoms with Crippen LogP contribution < -0.4 is 16.4 Å². The second-order valence-corrected chi connectivity index (χ2v) is 8.00. The van der Waals surface area contributed by atoms with Crippen LogP contribution >= 0.6 is 0 Å². The highest BCUT2D eigenvalue weighted by Gasteiger charge is 2.20. The molecule has 8 heteroatoms. The number of rotatable bonds is 3. The first kappa shape index (κ1) is 20.3. The Bertz CT molecular complexity index is 1290. The van der Waals surface area contributed by atoms with Gasteiger partial charge in [0.05, 0.1) is 34.4 Å². The van der Waals surface area contributed by atoms with Gasteiger partial charge in [0.15, 0.2) is 0 Å². The van der Waals surface area contributed by atoms with Crippen LogP contribution in [0.5, 0.6) is 0 Å². The molecule has 1 saturated heterocycles. The van der Waals surface area contributed by atoms with E-state index in [0.29, 0.717) is 17.1 Å². The minimum Gasteiger partial charge on any atom is -0.397 e. The number of anilines is 2. The normalized spacial score (nSPS) is 16.5. The molecule has 32 heavy (non-hydrogen) atoms. The summed E-state index contributed by atoms with van der Waals surface area (Å²) in [7, 11) is 0. The maximum atomic E-state index is 14.3. The molecule has 4 aromatic rings. The number of halogens is 2. The highest BCUT2D eigenvalue weighted by molar-refractivity contribution is 5.94. The van der Waals surface area contributed by atoms with E-state index in [2.05, 4.69) is 19.9 Å². The first-order valence-corrected chi connectivity index (χ1v) is 10.5. The molecule has 0 amide bonds. The van der Waals surface area contributed by atoms with Gasteiger partial charge in [-0.15, -0.1) is 0 Å². The summed E-state index contributed by atoms with van der Waals surface area (Å²) in [4.78, 5) is 15.6. The molecule has 1 aromatic carbocycles. The molecule has 3 aromatic heterocycles. The molecule has 1 fully saturated rings. The SMILES string of the molecule is Nc1ccc(-c2c(F)cccc2F)nc1-c1cc2c(N3CCC[C@H](N)C3)ccnc2cn1. The van der Waals surface area contributed by atoms with Crippen LogP contribution in [-0.2, 0) is 0 Å². The Hall–Kier alpha value is -3.65.